The van der Waals surface area contributed by atoms with E-state index in [1.54, 1.807) is 11.3 Å². The van der Waals surface area contributed by atoms with E-state index in [1.165, 1.54) is 10.4 Å². The van der Waals surface area contributed by atoms with Crippen LogP contribution in [-0.4, -0.2) is 33.5 Å². The average molecular weight is 441 g/mol. The van der Waals surface area contributed by atoms with Crippen molar-refractivity contribution in [1.82, 2.24) is 15.3 Å². The van der Waals surface area contributed by atoms with E-state index < -0.39 is 5.97 Å². The lowest BCUT2D eigenvalue weighted by Gasteiger charge is -2.10. The summed E-state index contributed by atoms with van der Waals surface area (Å²) in [5, 5.41) is 16.0. The number of carboxylic acid groups (broad SMARTS) is 1. The second-order valence-corrected chi connectivity index (χ2v) is 8.80. The van der Waals surface area contributed by atoms with Crippen LogP contribution in [0, 0.1) is 20.8 Å². The number of aryl methyl sites for hydroxylation is 3. The minimum Gasteiger partial charge on any atom is -0.481 e. The Morgan fingerprint density at radius 2 is 1.77 bits per heavy atom. The zero-order chi connectivity index (χ0) is 22.4. The number of carboxylic acids is 1. The fourth-order valence-corrected chi connectivity index (χ4v) is 4.40. The zero-order valence-electron chi connectivity index (χ0n) is 18.1. The van der Waals surface area contributed by atoms with Crippen LogP contribution in [0.15, 0.2) is 24.3 Å². The van der Waals surface area contributed by atoms with Crippen molar-refractivity contribution in [2.75, 3.05) is 11.9 Å². The van der Waals surface area contributed by atoms with Crippen LogP contribution in [0.2, 0.25) is 0 Å². The predicted molar refractivity (Wildman–Crippen MR) is 124 cm³/mol. The van der Waals surface area contributed by atoms with Gasteiger partial charge in [0.05, 0.1) is 5.39 Å². The molecule has 0 fully saturated rings. The number of aromatic nitrogens is 2. The number of hydrogen-bond acceptors (Lipinski definition) is 6. The molecular formula is C23H28N4O3S. The number of aliphatic carboxylic acids is 1. The quantitative estimate of drug-likeness (QED) is 0.398. The lowest BCUT2D eigenvalue weighted by Crippen LogP contribution is -2.24. The highest BCUT2D eigenvalue weighted by Gasteiger charge is 2.13. The van der Waals surface area contributed by atoms with Gasteiger partial charge in [-0.15, -0.1) is 11.3 Å². The summed E-state index contributed by atoms with van der Waals surface area (Å²) in [6.07, 6.45) is 2.37. The third kappa shape index (κ3) is 6.01. The van der Waals surface area contributed by atoms with Gasteiger partial charge in [0.1, 0.15) is 16.5 Å². The third-order valence-corrected chi connectivity index (χ3v) is 6.27. The van der Waals surface area contributed by atoms with Gasteiger partial charge in [-0.05, 0) is 56.9 Å². The molecule has 1 aromatic carbocycles. The molecule has 0 atom stereocenters. The second-order valence-electron chi connectivity index (χ2n) is 7.59. The van der Waals surface area contributed by atoms with Gasteiger partial charge in [0, 0.05) is 30.0 Å². The molecule has 0 aliphatic rings. The molecule has 0 bridgehead atoms. The number of rotatable bonds is 10. The zero-order valence-corrected chi connectivity index (χ0v) is 18.9. The van der Waals surface area contributed by atoms with Crippen LogP contribution in [0.25, 0.3) is 10.2 Å². The molecule has 3 N–H and O–H groups in total. The molecule has 3 aromatic rings. The van der Waals surface area contributed by atoms with Gasteiger partial charge >= 0.3 is 5.97 Å². The standard InChI is InChI=1S/C23H28N4O3S/c1-14-15(2)31-23-20(14)21(26-16(3)27-23)25-13-17-8-10-18(11-9-17)22(30)24-12-6-4-5-7-19(28)29/h8-11H,4-7,12-13H2,1-3H3,(H,24,30)(H,28,29)(H,25,26,27). The molecule has 0 saturated carbocycles. The van der Waals surface area contributed by atoms with Crippen LogP contribution < -0.4 is 10.6 Å². The number of unbranched alkanes of at least 4 members (excludes halogenated alkanes) is 2. The molecule has 1 amide bonds. The van der Waals surface area contributed by atoms with Crippen molar-refractivity contribution in [3.8, 4) is 0 Å². The van der Waals surface area contributed by atoms with E-state index in [0.29, 0.717) is 25.1 Å². The number of amides is 1. The van der Waals surface area contributed by atoms with Crippen LogP contribution >= 0.6 is 11.3 Å². The number of thiophene rings is 1. The number of nitrogens with zero attached hydrogens (tertiary/aromatic N) is 2. The molecule has 8 heteroatoms. The highest BCUT2D eigenvalue weighted by atomic mass is 32.1. The Bertz CT molecular complexity index is 1080. The van der Waals surface area contributed by atoms with Crippen molar-refractivity contribution in [3.05, 3.63) is 51.7 Å². The Labute approximate surface area is 185 Å². The van der Waals surface area contributed by atoms with Crippen LogP contribution in [0.1, 0.15) is 57.9 Å². The molecule has 2 heterocycles. The summed E-state index contributed by atoms with van der Waals surface area (Å²) in [6, 6.07) is 7.51. The maximum absolute atomic E-state index is 12.3. The van der Waals surface area contributed by atoms with E-state index in [4.69, 9.17) is 5.11 Å². The van der Waals surface area contributed by atoms with E-state index >= 15 is 0 Å². The smallest absolute Gasteiger partial charge is 0.303 e. The first kappa shape index (κ1) is 22.7. The molecule has 0 aliphatic carbocycles. The van der Waals surface area contributed by atoms with Crippen molar-refractivity contribution in [1.29, 1.82) is 0 Å². The van der Waals surface area contributed by atoms with Gasteiger partial charge in [-0.25, -0.2) is 9.97 Å². The van der Waals surface area contributed by atoms with Crippen molar-refractivity contribution in [3.63, 3.8) is 0 Å². The number of anilines is 1. The number of benzene rings is 1. The largest absolute Gasteiger partial charge is 0.481 e. The number of fused-ring (bicyclic) bond motifs is 1. The van der Waals surface area contributed by atoms with Gasteiger partial charge in [-0.2, -0.15) is 0 Å². The van der Waals surface area contributed by atoms with Crippen molar-refractivity contribution < 1.29 is 14.7 Å². The Morgan fingerprint density at radius 3 is 2.48 bits per heavy atom. The minimum absolute atomic E-state index is 0.116. The molecule has 0 aliphatic heterocycles. The van der Waals surface area contributed by atoms with Crippen LogP contribution in [0.5, 0.6) is 0 Å². The van der Waals surface area contributed by atoms with Crippen molar-refractivity contribution in [2.45, 2.75) is 53.0 Å². The molecule has 0 unspecified atom stereocenters. The summed E-state index contributed by atoms with van der Waals surface area (Å²) >= 11 is 1.68. The van der Waals surface area contributed by atoms with E-state index in [9.17, 15) is 9.59 Å². The summed E-state index contributed by atoms with van der Waals surface area (Å²) in [5.74, 6) is 0.689. The normalized spacial score (nSPS) is 10.9. The minimum atomic E-state index is -0.779. The fourth-order valence-electron chi connectivity index (χ4n) is 3.33. The van der Waals surface area contributed by atoms with E-state index in [0.717, 1.165) is 40.3 Å². The molecular weight excluding hydrogens is 412 g/mol. The van der Waals surface area contributed by atoms with Crippen LogP contribution in [0.3, 0.4) is 0 Å². The van der Waals surface area contributed by atoms with Gasteiger partial charge in [-0.1, -0.05) is 18.6 Å². The predicted octanol–water partition coefficient (Wildman–Crippen LogP) is 4.60. The summed E-state index contributed by atoms with van der Waals surface area (Å²) < 4.78 is 0. The topological polar surface area (TPSA) is 104 Å². The van der Waals surface area contributed by atoms with Gasteiger partial charge < -0.3 is 15.7 Å². The molecule has 164 valence electrons. The SMILES string of the molecule is Cc1nc(NCc2ccc(C(=O)NCCCCCC(=O)O)cc2)c2c(C)c(C)sc2n1. The number of hydrogen-bond donors (Lipinski definition) is 3. The first-order chi connectivity index (χ1) is 14.8. The average Bonchev–Trinajstić information content (AvgIpc) is 3.02. The van der Waals surface area contributed by atoms with Gasteiger partial charge in [0.25, 0.3) is 5.91 Å². The number of nitrogens with one attached hydrogen (secondary N) is 2. The lowest BCUT2D eigenvalue weighted by atomic mass is 10.1. The Balaban J connectivity index is 1.54. The molecule has 31 heavy (non-hydrogen) atoms. The summed E-state index contributed by atoms with van der Waals surface area (Å²) in [7, 11) is 0. The second kappa shape index (κ2) is 10.3. The van der Waals surface area contributed by atoms with Crippen LogP contribution in [-0.2, 0) is 11.3 Å². The molecule has 0 saturated heterocycles. The highest BCUT2D eigenvalue weighted by molar-refractivity contribution is 7.18. The van der Waals surface area contributed by atoms with Crippen molar-refractivity contribution in [2.24, 2.45) is 0 Å². The highest BCUT2D eigenvalue weighted by Crippen LogP contribution is 2.33. The lowest BCUT2D eigenvalue weighted by molar-refractivity contribution is -0.137. The van der Waals surface area contributed by atoms with Gasteiger partial charge in [0.15, 0.2) is 0 Å². The molecule has 7 nitrogen and oxygen atoms in total. The van der Waals surface area contributed by atoms with Crippen molar-refractivity contribution >= 4 is 39.2 Å². The number of carbonyl (C=O) groups excluding carboxylic acids is 1. The van der Waals surface area contributed by atoms with E-state index in [-0.39, 0.29) is 12.3 Å². The first-order valence-electron chi connectivity index (χ1n) is 10.4. The first-order valence-corrected chi connectivity index (χ1v) is 11.2. The molecule has 3 rings (SSSR count). The summed E-state index contributed by atoms with van der Waals surface area (Å²) in [4.78, 5) is 34.1. The van der Waals surface area contributed by atoms with E-state index in [1.807, 2.05) is 31.2 Å². The Hall–Kier alpha value is -3.00. The maximum atomic E-state index is 12.3. The Kier molecular flexibility index (Phi) is 7.57. The number of carbonyl (C=O) groups is 2. The van der Waals surface area contributed by atoms with Gasteiger partial charge in [-0.3, -0.25) is 9.59 Å². The maximum Gasteiger partial charge on any atom is 0.303 e. The monoisotopic (exact) mass is 440 g/mol. The summed E-state index contributed by atoms with van der Waals surface area (Å²) in [5.41, 5.74) is 2.87. The third-order valence-electron chi connectivity index (χ3n) is 5.17. The van der Waals surface area contributed by atoms with Gasteiger partial charge in [0.2, 0.25) is 0 Å². The van der Waals surface area contributed by atoms with E-state index in [2.05, 4.69) is 34.4 Å². The molecule has 0 spiro atoms. The fraction of sp³-hybridized carbons (Fsp3) is 0.391. The molecule has 0 radical (unpaired) electrons. The molecule has 2 aromatic heterocycles. The Morgan fingerprint density at radius 1 is 1.03 bits per heavy atom. The van der Waals surface area contributed by atoms with Crippen LogP contribution in [0.4, 0.5) is 5.82 Å². The summed E-state index contributed by atoms with van der Waals surface area (Å²) in [6.45, 7) is 7.24.